The van der Waals surface area contributed by atoms with Gasteiger partial charge in [-0.2, -0.15) is 0 Å². The van der Waals surface area contributed by atoms with Gasteiger partial charge in [0.15, 0.2) is 0 Å². The molecule has 1 amide bonds. The molecule has 0 saturated heterocycles. The average molecular weight is 282 g/mol. The van der Waals surface area contributed by atoms with Crippen LogP contribution in [0.5, 0.6) is 0 Å². The lowest BCUT2D eigenvalue weighted by Crippen LogP contribution is -2.31. The molecule has 1 heterocycles. The summed E-state index contributed by atoms with van der Waals surface area (Å²) in [6, 6.07) is 0. The van der Waals surface area contributed by atoms with Crippen molar-refractivity contribution in [1.82, 2.24) is 0 Å². The number of allylic oxidation sites excluding steroid dienone is 2. The Kier molecular flexibility index (Phi) is 5.57. The van der Waals surface area contributed by atoms with Gasteiger partial charge in [0.25, 0.3) is 0 Å². The van der Waals surface area contributed by atoms with Crippen LogP contribution in [-0.4, -0.2) is 26.2 Å². The molecule has 4 nitrogen and oxygen atoms in total. The van der Waals surface area contributed by atoms with Crippen molar-refractivity contribution < 1.29 is 9.53 Å². The van der Waals surface area contributed by atoms with Crippen molar-refractivity contribution in [2.24, 2.45) is 0 Å². The number of anilines is 2. The van der Waals surface area contributed by atoms with Crippen LogP contribution in [0.4, 0.5) is 10.7 Å². The number of rotatable bonds is 5. The second-order valence-corrected chi connectivity index (χ2v) is 5.59. The minimum Gasteiger partial charge on any atom is -0.397 e. The third kappa shape index (κ3) is 3.36. The Hall–Kier alpha value is -1.33. The Morgan fingerprint density at radius 2 is 2.11 bits per heavy atom. The van der Waals surface area contributed by atoms with E-state index in [0.717, 1.165) is 26.7 Å². The molecular formula is C14H22N2O2S. The summed E-state index contributed by atoms with van der Waals surface area (Å²) in [5, 5.41) is 0.912. The van der Waals surface area contributed by atoms with Gasteiger partial charge in [0, 0.05) is 24.5 Å². The third-order valence-corrected chi connectivity index (χ3v) is 4.23. The maximum atomic E-state index is 11.9. The molecule has 0 bridgehead atoms. The molecule has 2 N–H and O–H groups in total. The van der Waals surface area contributed by atoms with Gasteiger partial charge < -0.3 is 15.4 Å². The first-order chi connectivity index (χ1) is 8.93. The third-order valence-electron chi connectivity index (χ3n) is 3.08. The van der Waals surface area contributed by atoms with Gasteiger partial charge in [0.2, 0.25) is 5.91 Å². The maximum absolute atomic E-state index is 11.9. The number of thiophene rings is 1. The molecule has 0 radical (unpaired) electrons. The van der Waals surface area contributed by atoms with Gasteiger partial charge in [-0.3, -0.25) is 4.79 Å². The van der Waals surface area contributed by atoms with Crippen LogP contribution in [0.15, 0.2) is 6.08 Å². The zero-order valence-electron chi connectivity index (χ0n) is 12.2. The first kappa shape index (κ1) is 15.7. The summed E-state index contributed by atoms with van der Waals surface area (Å²) in [6.07, 6.45) is 2.01. The molecule has 0 aromatic carbocycles. The molecule has 19 heavy (non-hydrogen) atoms. The van der Waals surface area contributed by atoms with Crippen LogP contribution in [0, 0.1) is 6.92 Å². The van der Waals surface area contributed by atoms with Crippen molar-refractivity contribution in [2.75, 3.05) is 30.9 Å². The van der Waals surface area contributed by atoms with Gasteiger partial charge in [0.1, 0.15) is 5.00 Å². The molecule has 0 aliphatic carbocycles. The fourth-order valence-corrected chi connectivity index (χ4v) is 3.05. The van der Waals surface area contributed by atoms with Crippen molar-refractivity contribution in [3.63, 3.8) is 0 Å². The molecule has 0 unspecified atom stereocenters. The van der Waals surface area contributed by atoms with E-state index in [2.05, 4.69) is 0 Å². The van der Waals surface area contributed by atoms with Crippen molar-refractivity contribution in [1.29, 1.82) is 0 Å². The highest BCUT2D eigenvalue weighted by atomic mass is 32.1. The number of nitrogens with zero attached hydrogens (tertiary/aromatic N) is 1. The number of nitrogen functional groups attached to an aromatic ring is 1. The van der Waals surface area contributed by atoms with Gasteiger partial charge in [-0.15, -0.1) is 11.3 Å². The van der Waals surface area contributed by atoms with Crippen molar-refractivity contribution in [2.45, 2.75) is 27.7 Å². The fraction of sp³-hybridized carbons (Fsp3) is 0.500. The first-order valence-electron chi connectivity index (χ1n) is 6.23. The molecule has 0 fully saturated rings. The molecule has 5 heteroatoms. The summed E-state index contributed by atoms with van der Waals surface area (Å²) >= 11 is 1.56. The van der Waals surface area contributed by atoms with Crippen molar-refractivity contribution >= 4 is 33.5 Å². The minimum absolute atomic E-state index is 0.00320. The number of carbonyl (C=O) groups is 1. The van der Waals surface area contributed by atoms with Crippen LogP contribution in [-0.2, 0) is 9.53 Å². The fourth-order valence-electron chi connectivity index (χ4n) is 1.84. The second-order valence-electron chi connectivity index (χ2n) is 4.39. The molecule has 0 atom stereocenters. The normalized spacial score (nSPS) is 11.7. The summed E-state index contributed by atoms with van der Waals surface area (Å²) in [7, 11) is 1.63. The topological polar surface area (TPSA) is 55.6 Å². The predicted molar refractivity (Wildman–Crippen MR) is 82.7 cm³/mol. The molecule has 0 aliphatic rings. The highest BCUT2D eigenvalue weighted by Crippen LogP contribution is 2.41. The van der Waals surface area contributed by atoms with Crippen LogP contribution in [0.1, 0.15) is 31.2 Å². The molecule has 1 aromatic rings. The Bertz CT molecular complexity index is 492. The van der Waals surface area contributed by atoms with Crippen LogP contribution >= 0.6 is 11.3 Å². The SMILES string of the molecule is C/C=C(/C)c1c(N(CCOC)C(C)=O)sc(C)c1N. The van der Waals surface area contributed by atoms with E-state index >= 15 is 0 Å². The minimum atomic E-state index is 0.00320. The lowest BCUT2D eigenvalue weighted by Gasteiger charge is -2.21. The number of hydrogen-bond acceptors (Lipinski definition) is 4. The first-order valence-corrected chi connectivity index (χ1v) is 7.04. The summed E-state index contributed by atoms with van der Waals surface area (Å²) in [4.78, 5) is 14.6. The Balaban J connectivity index is 3.30. The molecular weight excluding hydrogens is 260 g/mol. The predicted octanol–water partition coefficient (Wildman–Crippen LogP) is 3.06. The second kappa shape index (κ2) is 6.73. The van der Waals surface area contributed by atoms with E-state index in [9.17, 15) is 4.79 Å². The molecule has 0 aliphatic heterocycles. The highest BCUT2D eigenvalue weighted by Gasteiger charge is 2.22. The molecule has 1 rings (SSSR count). The van der Waals surface area contributed by atoms with Gasteiger partial charge >= 0.3 is 0 Å². The number of aryl methyl sites for hydroxylation is 1. The number of ether oxygens (including phenoxy) is 1. The van der Waals surface area contributed by atoms with E-state index in [1.807, 2.05) is 26.8 Å². The Morgan fingerprint density at radius 3 is 2.58 bits per heavy atom. The van der Waals surface area contributed by atoms with Crippen LogP contribution in [0.3, 0.4) is 0 Å². The van der Waals surface area contributed by atoms with E-state index in [4.69, 9.17) is 10.5 Å². The number of hydrogen-bond donors (Lipinski definition) is 1. The Morgan fingerprint density at radius 1 is 1.47 bits per heavy atom. The number of nitrogens with two attached hydrogens (primary N) is 1. The zero-order chi connectivity index (χ0) is 14.6. The summed E-state index contributed by atoms with van der Waals surface area (Å²) in [5.74, 6) is 0.00320. The summed E-state index contributed by atoms with van der Waals surface area (Å²) in [5.41, 5.74) is 8.96. The average Bonchev–Trinajstić information content (AvgIpc) is 2.65. The number of amides is 1. The number of carbonyl (C=O) groups excluding carboxylic acids is 1. The molecule has 0 spiro atoms. The van der Waals surface area contributed by atoms with E-state index in [-0.39, 0.29) is 5.91 Å². The van der Waals surface area contributed by atoms with Crippen LogP contribution < -0.4 is 10.6 Å². The quantitative estimate of drug-likeness (QED) is 0.903. The van der Waals surface area contributed by atoms with Crippen molar-refractivity contribution in [3.05, 3.63) is 16.5 Å². The Labute approximate surface area is 118 Å². The lowest BCUT2D eigenvalue weighted by atomic mass is 10.1. The monoisotopic (exact) mass is 282 g/mol. The van der Waals surface area contributed by atoms with E-state index in [1.54, 1.807) is 30.3 Å². The molecule has 0 saturated carbocycles. The zero-order valence-corrected chi connectivity index (χ0v) is 13.1. The number of methoxy groups -OCH3 is 1. The lowest BCUT2D eigenvalue weighted by molar-refractivity contribution is -0.116. The van der Waals surface area contributed by atoms with Gasteiger partial charge in [-0.05, 0) is 26.3 Å². The standard InChI is InChI=1S/C14H22N2O2S/c1-6-9(2)12-13(15)10(3)19-14(12)16(11(4)17)7-8-18-5/h6H,7-8,15H2,1-5H3/b9-6-. The maximum Gasteiger partial charge on any atom is 0.224 e. The smallest absolute Gasteiger partial charge is 0.224 e. The van der Waals surface area contributed by atoms with E-state index in [1.165, 1.54) is 0 Å². The van der Waals surface area contributed by atoms with Gasteiger partial charge in [-0.25, -0.2) is 0 Å². The van der Waals surface area contributed by atoms with Crippen LogP contribution in [0.2, 0.25) is 0 Å². The largest absolute Gasteiger partial charge is 0.397 e. The van der Waals surface area contributed by atoms with E-state index < -0.39 is 0 Å². The van der Waals surface area contributed by atoms with E-state index in [0.29, 0.717) is 13.2 Å². The van der Waals surface area contributed by atoms with Gasteiger partial charge in [-0.1, -0.05) is 6.08 Å². The van der Waals surface area contributed by atoms with Crippen LogP contribution in [0.25, 0.3) is 5.57 Å². The molecule has 106 valence electrons. The van der Waals surface area contributed by atoms with Crippen molar-refractivity contribution in [3.8, 4) is 0 Å². The summed E-state index contributed by atoms with van der Waals surface area (Å²) in [6.45, 7) is 8.56. The summed E-state index contributed by atoms with van der Waals surface area (Å²) < 4.78 is 5.07. The van der Waals surface area contributed by atoms with Gasteiger partial charge in [0.05, 0.1) is 18.8 Å². The highest BCUT2D eigenvalue weighted by molar-refractivity contribution is 7.17. The molecule has 1 aromatic heterocycles.